The molecule has 0 unspecified atom stereocenters. The van der Waals surface area contributed by atoms with Crippen molar-refractivity contribution in [1.29, 1.82) is 0 Å². The first-order chi connectivity index (χ1) is 15.7. The van der Waals surface area contributed by atoms with E-state index in [0.29, 0.717) is 30.6 Å². The molecule has 0 bridgehead atoms. The predicted molar refractivity (Wildman–Crippen MR) is 132 cm³/mol. The van der Waals surface area contributed by atoms with Gasteiger partial charge in [0.15, 0.2) is 11.6 Å². The van der Waals surface area contributed by atoms with Crippen molar-refractivity contribution in [2.75, 3.05) is 6.61 Å². The summed E-state index contributed by atoms with van der Waals surface area (Å²) < 4.78 is 25.8. The van der Waals surface area contributed by atoms with Crippen molar-refractivity contribution >= 4 is 10.8 Å². The zero-order valence-corrected chi connectivity index (χ0v) is 19.7. The maximum absolute atomic E-state index is 14.8. The minimum atomic E-state index is -0.637. The van der Waals surface area contributed by atoms with Crippen LogP contribution in [-0.4, -0.2) is 6.61 Å². The van der Waals surface area contributed by atoms with Gasteiger partial charge in [0.2, 0.25) is 0 Å². The van der Waals surface area contributed by atoms with Gasteiger partial charge in [0.05, 0.1) is 6.61 Å². The Kier molecular flexibility index (Phi) is 12.5. The van der Waals surface area contributed by atoms with Crippen LogP contribution in [0.1, 0.15) is 89.7 Å². The number of aryl methyl sites for hydroxylation is 1. The van der Waals surface area contributed by atoms with Gasteiger partial charge in [0, 0.05) is 6.42 Å². The van der Waals surface area contributed by atoms with Crippen molar-refractivity contribution in [1.82, 2.24) is 0 Å². The average molecular weight is 443 g/mol. The fraction of sp³-hybridized carbons (Fsp3) is 0.536. The minimum Gasteiger partial charge on any atom is -0.490 e. The zero-order chi connectivity index (χ0) is 23.0. The van der Waals surface area contributed by atoms with E-state index in [1.165, 1.54) is 44.9 Å². The highest BCUT2D eigenvalue weighted by molar-refractivity contribution is 5.83. The third-order valence-corrected chi connectivity index (χ3v) is 5.66. The van der Waals surface area contributed by atoms with E-state index in [0.717, 1.165) is 25.7 Å². The first kappa shape index (κ1) is 25.9. The summed E-state index contributed by atoms with van der Waals surface area (Å²) in [7, 11) is 0. The second-order valence-electron chi connectivity index (χ2n) is 8.40. The summed E-state index contributed by atoms with van der Waals surface area (Å²) in [4.78, 5) is 12.4. The molecular formula is C28H39FO3. The van der Waals surface area contributed by atoms with Gasteiger partial charge < -0.3 is 9.15 Å². The molecule has 0 amide bonds. The van der Waals surface area contributed by atoms with Crippen LogP contribution in [0.15, 0.2) is 52.2 Å². The molecule has 0 fully saturated rings. The standard InChI is InChI=1S/C28H39FO3/c1-3-5-7-9-11-12-13-14-16-18-24-22-23-19-20-25(27(29)26(23)28(30)32-24)31-21-17-15-10-8-6-4-2/h4,10,15,19-20,22H,2-3,5-9,11-14,16-18,21H2,1H3/b15-10+. The molecule has 3 nitrogen and oxygen atoms in total. The van der Waals surface area contributed by atoms with Gasteiger partial charge in [-0.2, -0.15) is 0 Å². The minimum absolute atomic E-state index is 0.0279. The molecule has 32 heavy (non-hydrogen) atoms. The summed E-state index contributed by atoms with van der Waals surface area (Å²) in [5.41, 5.74) is -0.624. The largest absolute Gasteiger partial charge is 0.490 e. The number of hydrogen-bond acceptors (Lipinski definition) is 3. The van der Waals surface area contributed by atoms with Crippen LogP contribution in [0.3, 0.4) is 0 Å². The van der Waals surface area contributed by atoms with Gasteiger partial charge in [-0.15, -0.1) is 6.58 Å². The van der Waals surface area contributed by atoms with E-state index in [1.54, 1.807) is 18.2 Å². The van der Waals surface area contributed by atoms with Gasteiger partial charge >= 0.3 is 5.63 Å². The van der Waals surface area contributed by atoms with E-state index in [-0.39, 0.29) is 11.1 Å². The van der Waals surface area contributed by atoms with Crippen molar-refractivity contribution in [3.63, 3.8) is 0 Å². The van der Waals surface area contributed by atoms with Crippen LogP contribution >= 0.6 is 0 Å². The highest BCUT2D eigenvalue weighted by Crippen LogP contribution is 2.25. The smallest absolute Gasteiger partial charge is 0.346 e. The first-order valence-corrected chi connectivity index (χ1v) is 12.3. The number of fused-ring (bicyclic) bond motifs is 1. The second-order valence-corrected chi connectivity index (χ2v) is 8.40. The lowest BCUT2D eigenvalue weighted by Gasteiger charge is -2.09. The second kappa shape index (κ2) is 15.4. The Bertz CT molecular complexity index is 897. The molecule has 0 aliphatic heterocycles. The highest BCUT2D eigenvalue weighted by Gasteiger charge is 2.14. The molecule has 2 rings (SSSR count). The lowest BCUT2D eigenvalue weighted by molar-refractivity contribution is 0.309. The van der Waals surface area contributed by atoms with Crippen LogP contribution in [0.2, 0.25) is 0 Å². The average Bonchev–Trinajstić information content (AvgIpc) is 2.78. The van der Waals surface area contributed by atoms with Crippen LogP contribution in [-0.2, 0) is 6.42 Å². The van der Waals surface area contributed by atoms with Crippen LogP contribution in [0, 0.1) is 5.82 Å². The summed E-state index contributed by atoms with van der Waals surface area (Å²) in [6.45, 7) is 6.27. The predicted octanol–water partition coefficient (Wildman–Crippen LogP) is 8.30. The number of rotatable bonds is 17. The number of allylic oxidation sites excluding steroid dienone is 2. The lowest BCUT2D eigenvalue weighted by Crippen LogP contribution is -2.07. The lowest BCUT2D eigenvalue weighted by atomic mass is 10.1. The van der Waals surface area contributed by atoms with E-state index < -0.39 is 11.4 Å². The van der Waals surface area contributed by atoms with Gasteiger partial charge in [-0.05, 0) is 43.2 Å². The summed E-state index contributed by atoms with van der Waals surface area (Å²) in [5, 5.41) is 0.543. The van der Waals surface area contributed by atoms with Gasteiger partial charge in [-0.1, -0.05) is 82.6 Å². The summed E-state index contributed by atoms with van der Waals surface area (Å²) >= 11 is 0. The first-order valence-electron chi connectivity index (χ1n) is 12.3. The Balaban J connectivity index is 1.83. The molecule has 0 atom stereocenters. The molecule has 1 heterocycles. The molecule has 0 radical (unpaired) electrons. The zero-order valence-electron chi connectivity index (χ0n) is 19.7. The Morgan fingerprint density at radius 3 is 2.38 bits per heavy atom. The molecule has 2 aromatic rings. The van der Waals surface area contributed by atoms with Crippen LogP contribution in [0.25, 0.3) is 10.8 Å². The molecule has 1 aromatic heterocycles. The molecule has 0 spiro atoms. The topological polar surface area (TPSA) is 39.4 Å². The van der Waals surface area contributed by atoms with Gasteiger partial charge in [0.1, 0.15) is 11.1 Å². The number of ether oxygens (including phenoxy) is 1. The van der Waals surface area contributed by atoms with Gasteiger partial charge in [-0.25, -0.2) is 9.18 Å². The number of unbranched alkanes of at least 4 members (excludes halogenated alkanes) is 9. The van der Waals surface area contributed by atoms with Crippen molar-refractivity contribution < 1.29 is 13.5 Å². The highest BCUT2D eigenvalue weighted by atomic mass is 19.1. The maximum atomic E-state index is 14.8. The number of halogens is 1. The number of benzene rings is 1. The molecule has 0 aliphatic carbocycles. The fourth-order valence-corrected chi connectivity index (χ4v) is 3.80. The molecular weight excluding hydrogens is 403 g/mol. The molecule has 0 saturated carbocycles. The van der Waals surface area contributed by atoms with Gasteiger partial charge in [-0.3, -0.25) is 0 Å². The van der Waals surface area contributed by atoms with Crippen molar-refractivity contribution in [3.8, 4) is 5.75 Å². The van der Waals surface area contributed by atoms with Crippen molar-refractivity contribution in [2.24, 2.45) is 0 Å². The molecule has 1 aromatic carbocycles. The van der Waals surface area contributed by atoms with E-state index in [9.17, 15) is 9.18 Å². The molecule has 4 heteroatoms. The monoisotopic (exact) mass is 442 g/mol. The Labute approximate surface area is 192 Å². The van der Waals surface area contributed by atoms with Crippen molar-refractivity contribution in [2.45, 2.75) is 90.4 Å². The summed E-state index contributed by atoms with van der Waals surface area (Å²) in [6, 6.07) is 5.13. The fourth-order valence-electron chi connectivity index (χ4n) is 3.80. The summed E-state index contributed by atoms with van der Waals surface area (Å²) in [5.74, 6) is 0.0839. The van der Waals surface area contributed by atoms with Crippen LogP contribution < -0.4 is 10.4 Å². The third kappa shape index (κ3) is 9.02. The molecule has 0 aliphatic rings. The summed E-state index contributed by atoms with van der Waals surface area (Å²) in [6.07, 6.45) is 20.4. The Hall–Kier alpha value is -2.36. The molecule has 0 N–H and O–H groups in total. The van der Waals surface area contributed by atoms with Gasteiger partial charge in [0.25, 0.3) is 0 Å². The van der Waals surface area contributed by atoms with E-state index >= 15 is 0 Å². The molecule has 176 valence electrons. The maximum Gasteiger partial charge on any atom is 0.346 e. The Morgan fingerprint density at radius 1 is 0.969 bits per heavy atom. The molecule has 0 saturated heterocycles. The van der Waals surface area contributed by atoms with E-state index in [4.69, 9.17) is 9.15 Å². The quantitative estimate of drug-likeness (QED) is 0.183. The van der Waals surface area contributed by atoms with Crippen LogP contribution in [0.4, 0.5) is 4.39 Å². The van der Waals surface area contributed by atoms with Crippen LogP contribution in [0.5, 0.6) is 5.75 Å². The normalized spacial score (nSPS) is 11.4. The Morgan fingerprint density at radius 2 is 1.66 bits per heavy atom. The SMILES string of the molecule is C=CCC/C=C/CCOc1ccc2cc(CCCCCCCCCCC)oc(=O)c2c1F. The number of hydrogen-bond donors (Lipinski definition) is 0. The van der Waals surface area contributed by atoms with Crippen molar-refractivity contribution in [3.05, 3.63) is 65.0 Å². The van der Waals surface area contributed by atoms with E-state index in [2.05, 4.69) is 19.6 Å². The third-order valence-electron chi connectivity index (χ3n) is 5.66. The van der Waals surface area contributed by atoms with E-state index in [1.807, 2.05) is 12.2 Å².